The average molecular weight is 389 g/mol. The van der Waals surface area contributed by atoms with E-state index in [1.165, 1.54) is 11.8 Å². The van der Waals surface area contributed by atoms with Gasteiger partial charge in [0.15, 0.2) is 0 Å². The van der Waals surface area contributed by atoms with E-state index in [0.717, 1.165) is 15.6 Å². The fourth-order valence-corrected chi connectivity index (χ4v) is 4.27. The van der Waals surface area contributed by atoms with Crippen LogP contribution < -0.4 is 5.32 Å². The van der Waals surface area contributed by atoms with Crippen LogP contribution in [0.1, 0.15) is 19.5 Å². The number of aryl methyl sites for hydroxylation is 1. The lowest BCUT2D eigenvalue weighted by Crippen LogP contribution is -2.24. The summed E-state index contributed by atoms with van der Waals surface area (Å²) < 4.78 is 0. The zero-order valence-corrected chi connectivity index (χ0v) is 16.5. The fourth-order valence-electron chi connectivity index (χ4n) is 2.47. The number of amides is 2. The van der Waals surface area contributed by atoms with Crippen LogP contribution in [0.4, 0.5) is 5.82 Å². The molecule has 1 aromatic heterocycles. The molecule has 0 bridgehead atoms. The Balaban J connectivity index is 1.51. The number of nitrogens with zero attached hydrogens (tertiary/aromatic N) is 3. The first-order chi connectivity index (χ1) is 12.4. The maximum Gasteiger partial charge on any atom is 0.261 e. The zero-order valence-electron chi connectivity index (χ0n) is 14.9. The van der Waals surface area contributed by atoms with Gasteiger partial charge >= 0.3 is 0 Å². The molecule has 1 N–H and O–H groups in total. The van der Waals surface area contributed by atoms with Gasteiger partial charge in [-0.1, -0.05) is 37.8 Å². The number of anilines is 1. The summed E-state index contributed by atoms with van der Waals surface area (Å²) in [6.07, 6.45) is 1.96. The first kappa shape index (κ1) is 18.8. The van der Waals surface area contributed by atoms with E-state index in [0.29, 0.717) is 23.3 Å². The molecule has 0 saturated carbocycles. The minimum atomic E-state index is -0.318. The molecule has 6 nitrogen and oxygen atoms in total. The summed E-state index contributed by atoms with van der Waals surface area (Å²) in [5, 5.41) is 3.56. The van der Waals surface area contributed by atoms with Gasteiger partial charge in [-0.25, -0.2) is 9.98 Å². The number of aromatic nitrogens is 1. The standard InChI is InChI=1S/C18H20N4O2S2/c1-10(2)13-7-12-17(24)21-15(22-18(12)26-13)8-25-9-16(23)20-14-6-4-5-11(3)19-14/h4-7,10,12H,8-9H2,1-3H3,(H,19,20,23). The largest absolute Gasteiger partial charge is 0.310 e. The summed E-state index contributed by atoms with van der Waals surface area (Å²) in [6, 6.07) is 5.47. The second-order valence-electron chi connectivity index (χ2n) is 6.32. The van der Waals surface area contributed by atoms with E-state index in [2.05, 4.69) is 34.1 Å². The Bertz CT molecular complexity index is 830. The maximum absolute atomic E-state index is 12.2. The van der Waals surface area contributed by atoms with E-state index >= 15 is 0 Å². The Morgan fingerprint density at radius 3 is 2.88 bits per heavy atom. The first-order valence-electron chi connectivity index (χ1n) is 8.33. The van der Waals surface area contributed by atoms with Gasteiger partial charge in [0.05, 0.1) is 16.5 Å². The monoisotopic (exact) mass is 388 g/mol. The van der Waals surface area contributed by atoms with Crippen molar-refractivity contribution in [2.45, 2.75) is 20.8 Å². The predicted molar refractivity (Wildman–Crippen MR) is 109 cm³/mol. The number of hydrogen-bond acceptors (Lipinski definition) is 6. The Kier molecular flexibility index (Phi) is 5.93. The number of aliphatic imine (C=N–C) groups is 2. The fraction of sp³-hybridized carbons (Fsp3) is 0.389. The Morgan fingerprint density at radius 1 is 1.35 bits per heavy atom. The molecular formula is C18H20N4O2S2. The Labute approximate surface area is 161 Å². The molecule has 1 atom stereocenters. The van der Waals surface area contributed by atoms with Crippen LogP contribution in [0.5, 0.6) is 0 Å². The van der Waals surface area contributed by atoms with E-state index in [9.17, 15) is 9.59 Å². The highest BCUT2D eigenvalue weighted by Gasteiger charge is 2.34. The van der Waals surface area contributed by atoms with E-state index in [1.54, 1.807) is 17.8 Å². The maximum atomic E-state index is 12.2. The number of carbonyl (C=O) groups is 2. The normalized spacial score (nSPS) is 19.0. The van der Waals surface area contributed by atoms with Gasteiger partial charge < -0.3 is 5.32 Å². The molecule has 2 aliphatic rings. The van der Waals surface area contributed by atoms with Crippen molar-refractivity contribution in [2.75, 3.05) is 16.8 Å². The van der Waals surface area contributed by atoms with Gasteiger partial charge in [0.2, 0.25) is 5.91 Å². The molecule has 2 aliphatic heterocycles. The van der Waals surface area contributed by atoms with Gasteiger partial charge in [-0.2, -0.15) is 4.99 Å². The highest BCUT2D eigenvalue weighted by molar-refractivity contribution is 8.17. The van der Waals surface area contributed by atoms with Crippen LogP contribution in [-0.4, -0.2) is 39.2 Å². The highest BCUT2D eigenvalue weighted by Crippen LogP contribution is 2.38. The summed E-state index contributed by atoms with van der Waals surface area (Å²) in [6.45, 7) is 6.07. The van der Waals surface area contributed by atoms with E-state index in [1.807, 2.05) is 25.1 Å². The smallest absolute Gasteiger partial charge is 0.261 e. The second kappa shape index (κ2) is 8.18. The zero-order chi connectivity index (χ0) is 18.7. The quantitative estimate of drug-likeness (QED) is 0.808. The minimum Gasteiger partial charge on any atom is -0.310 e. The van der Waals surface area contributed by atoms with Crippen molar-refractivity contribution in [3.05, 3.63) is 34.9 Å². The summed E-state index contributed by atoms with van der Waals surface area (Å²) >= 11 is 2.94. The molecule has 0 aromatic carbocycles. The minimum absolute atomic E-state index is 0.139. The third-order valence-electron chi connectivity index (χ3n) is 3.75. The number of rotatable bonds is 6. The number of hydrogen-bond donors (Lipinski definition) is 1. The van der Waals surface area contributed by atoms with Crippen molar-refractivity contribution in [1.29, 1.82) is 0 Å². The number of fused-ring (bicyclic) bond motifs is 1. The number of pyridine rings is 1. The van der Waals surface area contributed by atoms with Crippen LogP contribution in [0.25, 0.3) is 0 Å². The molecule has 26 heavy (non-hydrogen) atoms. The molecule has 0 saturated heterocycles. The number of carbonyl (C=O) groups excluding carboxylic acids is 2. The van der Waals surface area contributed by atoms with Gasteiger partial charge in [0.25, 0.3) is 5.91 Å². The summed E-state index contributed by atoms with van der Waals surface area (Å²) in [4.78, 5) is 38.2. The van der Waals surface area contributed by atoms with Crippen molar-refractivity contribution in [3.8, 4) is 0 Å². The number of thioether (sulfide) groups is 2. The van der Waals surface area contributed by atoms with Crippen LogP contribution in [-0.2, 0) is 9.59 Å². The van der Waals surface area contributed by atoms with Crippen molar-refractivity contribution in [3.63, 3.8) is 0 Å². The topological polar surface area (TPSA) is 83.8 Å². The summed E-state index contributed by atoms with van der Waals surface area (Å²) in [5.41, 5.74) is 0.847. The Morgan fingerprint density at radius 2 is 2.15 bits per heavy atom. The van der Waals surface area contributed by atoms with Crippen molar-refractivity contribution in [2.24, 2.45) is 21.8 Å². The SMILES string of the molecule is Cc1cccc(NC(=O)CSCC2=NC(=O)C3C=C(C(C)C)SC3=N2)n1. The van der Waals surface area contributed by atoms with Crippen LogP contribution in [0.3, 0.4) is 0 Å². The van der Waals surface area contributed by atoms with Crippen LogP contribution in [0.15, 0.2) is 39.2 Å². The average Bonchev–Trinajstić information content (AvgIpc) is 3.00. The van der Waals surface area contributed by atoms with E-state index < -0.39 is 0 Å². The molecule has 2 amide bonds. The molecule has 8 heteroatoms. The van der Waals surface area contributed by atoms with Crippen molar-refractivity contribution < 1.29 is 9.59 Å². The van der Waals surface area contributed by atoms with E-state index in [-0.39, 0.29) is 23.5 Å². The van der Waals surface area contributed by atoms with Crippen LogP contribution in [0, 0.1) is 18.8 Å². The number of nitrogens with one attached hydrogen (secondary N) is 1. The third kappa shape index (κ3) is 4.62. The lowest BCUT2D eigenvalue weighted by Gasteiger charge is -2.12. The van der Waals surface area contributed by atoms with Gasteiger partial charge in [0.1, 0.15) is 17.6 Å². The molecule has 3 rings (SSSR count). The number of amidine groups is 1. The third-order valence-corrected chi connectivity index (χ3v) is 6.08. The second-order valence-corrected chi connectivity index (χ2v) is 8.40. The highest BCUT2D eigenvalue weighted by atomic mass is 32.2. The van der Waals surface area contributed by atoms with Gasteiger partial charge in [-0.3, -0.25) is 9.59 Å². The molecule has 136 valence electrons. The summed E-state index contributed by atoms with van der Waals surface area (Å²) in [5.74, 6) is 1.45. The van der Waals surface area contributed by atoms with Crippen molar-refractivity contribution in [1.82, 2.24) is 4.98 Å². The molecule has 0 spiro atoms. The molecular weight excluding hydrogens is 368 g/mol. The molecule has 3 heterocycles. The van der Waals surface area contributed by atoms with Gasteiger partial charge in [-0.05, 0) is 29.9 Å². The number of allylic oxidation sites excluding steroid dienone is 1. The van der Waals surface area contributed by atoms with Crippen molar-refractivity contribution >= 4 is 52.0 Å². The van der Waals surface area contributed by atoms with Crippen LogP contribution in [0.2, 0.25) is 0 Å². The molecule has 0 fully saturated rings. The van der Waals surface area contributed by atoms with Crippen LogP contribution >= 0.6 is 23.5 Å². The van der Waals surface area contributed by atoms with Gasteiger partial charge in [0, 0.05) is 5.69 Å². The Hall–Kier alpha value is -1.93. The molecule has 0 radical (unpaired) electrons. The predicted octanol–water partition coefficient (Wildman–Crippen LogP) is 3.30. The molecule has 0 aliphatic carbocycles. The first-order valence-corrected chi connectivity index (χ1v) is 10.3. The lowest BCUT2D eigenvalue weighted by atomic mass is 10.1. The summed E-state index contributed by atoms with van der Waals surface area (Å²) in [7, 11) is 0. The lowest BCUT2D eigenvalue weighted by molar-refractivity contribution is -0.118. The molecule has 1 aromatic rings. The van der Waals surface area contributed by atoms with E-state index in [4.69, 9.17) is 0 Å². The van der Waals surface area contributed by atoms with Gasteiger partial charge in [-0.15, -0.1) is 11.8 Å². The molecule has 1 unspecified atom stereocenters.